The van der Waals surface area contributed by atoms with Crippen LogP contribution in [0.5, 0.6) is 0 Å². The molecule has 7 nitrogen and oxygen atoms in total. The van der Waals surface area contributed by atoms with Crippen LogP contribution in [-0.2, 0) is 9.59 Å². The highest BCUT2D eigenvalue weighted by molar-refractivity contribution is 8.18. The highest BCUT2D eigenvalue weighted by Gasteiger charge is 2.34. The van der Waals surface area contributed by atoms with Gasteiger partial charge in [-0.1, -0.05) is 29.3 Å². The van der Waals surface area contributed by atoms with Crippen molar-refractivity contribution < 1.29 is 19.2 Å². The lowest BCUT2D eigenvalue weighted by atomic mass is 10.2. The molecule has 31 heavy (non-hydrogen) atoms. The van der Waals surface area contributed by atoms with E-state index in [0.29, 0.717) is 26.9 Å². The zero-order valence-electron chi connectivity index (χ0n) is 16.3. The van der Waals surface area contributed by atoms with E-state index < -0.39 is 11.1 Å². The first-order valence-electron chi connectivity index (χ1n) is 9.11. The molecule has 1 fully saturated rings. The Balaban J connectivity index is 1.57. The SMILES string of the molecule is CC(=O)Nc1ccc(C(=O)NCCN2C(=O)S/C(=C\c3ccc(Cl)cc3Cl)C2=O)cc1. The van der Waals surface area contributed by atoms with Crippen molar-refractivity contribution in [3.63, 3.8) is 0 Å². The minimum absolute atomic E-state index is 0.0338. The number of imide groups is 1. The quantitative estimate of drug-likeness (QED) is 0.600. The Morgan fingerprint density at radius 2 is 1.81 bits per heavy atom. The van der Waals surface area contributed by atoms with Gasteiger partial charge in [-0.15, -0.1) is 0 Å². The molecule has 0 saturated carbocycles. The molecule has 0 aromatic heterocycles. The summed E-state index contributed by atoms with van der Waals surface area (Å²) >= 11 is 12.8. The number of nitrogens with zero attached hydrogens (tertiary/aromatic N) is 1. The monoisotopic (exact) mass is 477 g/mol. The van der Waals surface area contributed by atoms with Crippen molar-refractivity contribution in [2.45, 2.75) is 6.92 Å². The van der Waals surface area contributed by atoms with Crippen LogP contribution in [-0.4, -0.2) is 41.0 Å². The molecule has 0 radical (unpaired) electrons. The second kappa shape index (κ2) is 10.00. The minimum atomic E-state index is -0.449. The normalized spacial score (nSPS) is 14.8. The molecule has 1 saturated heterocycles. The highest BCUT2D eigenvalue weighted by atomic mass is 35.5. The molecule has 160 valence electrons. The van der Waals surface area contributed by atoms with E-state index in [4.69, 9.17) is 23.2 Å². The largest absolute Gasteiger partial charge is 0.350 e. The van der Waals surface area contributed by atoms with Gasteiger partial charge in [0, 0.05) is 41.3 Å². The molecular formula is C21H17Cl2N3O4S. The molecule has 1 heterocycles. The van der Waals surface area contributed by atoms with E-state index in [1.807, 2.05) is 0 Å². The van der Waals surface area contributed by atoms with Gasteiger partial charge in [0.05, 0.1) is 4.91 Å². The van der Waals surface area contributed by atoms with Gasteiger partial charge in [-0.25, -0.2) is 0 Å². The molecule has 0 unspecified atom stereocenters. The first-order chi connectivity index (χ1) is 14.7. The predicted molar refractivity (Wildman–Crippen MR) is 122 cm³/mol. The number of hydrogen-bond donors (Lipinski definition) is 2. The van der Waals surface area contributed by atoms with Gasteiger partial charge in [0.25, 0.3) is 17.1 Å². The summed E-state index contributed by atoms with van der Waals surface area (Å²) in [4.78, 5) is 49.4. The van der Waals surface area contributed by atoms with E-state index in [1.165, 1.54) is 6.92 Å². The van der Waals surface area contributed by atoms with Gasteiger partial charge in [-0.3, -0.25) is 24.1 Å². The van der Waals surface area contributed by atoms with E-state index in [-0.39, 0.29) is 29.8 Å². The first-order valence-corrected chi connectivity index (χ1v) is 10.7. The molecule has 0 atom stereocenters. The molecule has 1 aliphatic heterocycles. The summed E-state index contributed by atoms with van der Waals surface area (Å²) in [5, 5.41) is 5.70. The molecule has 1 aliphatic rings. The number of amides is 4. The Bertz CT molecular complexity index is 1090. The number of thioether (sulfide) groups is 1. The number of carbonyl (C=O) groups is 4. The summed E-state index contributed by atoms with van der Waals surface area (Å²) in [6, 6.07) is 11.2. The molecule has 2 N–H and O–H groups in total. The Kier molecular flexibility index (Phi) is 7.37. The molecule has 3 rings (SSSR count). The third kappa shape index (κ3) is 5.88. The molecule has 2 aromatic carbocycles. The fraction of sp³-hybridized carbons (Fsp3) is 0.143. The number of carbonyl (C=O) groups excluding carboxylic acids is 4. The standard InChI is InChI=1S/C21H17Cl2N3O4S/c1-12(27)25-16-6-3-13(4-7-16)19(28)24-8-9-26-20(29)18(31-21(26)30)10-14-2-5-15(22)11-17(14)23/h2-7,10-11H,8-9H2,1H3,(H,24,28)(H,25,27)/b18-10-. The third-order valence-electron chi connectivity index (χ3n) is 4.21. The molecule has 0 aliphatic carbocycles. The number of nitrogens with one attached hydrogen (secondary N) is 2. The van der Waals surface area contributed by atoms with Crippen LogP contribution in [0.2, 0.25) is 10.0 Å². The average Bonchev–Trinajstić information content (AvgIpc) is 2.97. The van der Waals surface area contributed by atoms with Crippen LogP contribution >= 0.6 is 35.0 Å². The molecule has 10 heteroatoms. The Morgan fingerprint density at radius 3 is 2.45 bits per heavy atom. The number of halogens is 2. The van der Waals surface area contributed by atoms with Crippen molar-refractivity contribution in [1.29, 1.82) is 0 Å². The zero-order valence-corrected chi connectivity index (χ0v) is 18.6. The lowest BCUT2D eigenvalue weighted by Gasteiger charge is -2.13. The molecule has 4 amide bonds. The lowest BCUT2D eigenvalue weighted by Crippen LogP contribution is -2.37. The van der Waals surface area contributed by atoms with Crippen molar-refractivity contribution >= 4 is 69.7 Å². The zero-order chi connectivity index (χ0) is 22.5. The summed E-state index contributed by atoms with van der Waals surface area (Å²) in [7, 11) is 0. The van der Waals surface area contributed by atoms with Crippen LogP contribution in [0.3, 0.4) is 0 Å². The van der Waals surface area contributed by atoms with E-state index in [2.05, 4.69) is 10.6 Å². The van der Waals surface area contributed by atoms with Crippen molar-refractivity contribution in [3.8, 4) is 0 Å². The maximum absolute atomic E-state index is 12.6. The van der Waals surface area contributed by atoms with E-state index in [9.17, 15) is 19.2 Å². The van der Waals surface area contributed by atoms with Crippen LogP contribution in [0.15, 0.2) is 47.4 Å². The van der Waals surface area contributed by atoms with Gasteiger partial charge in [0.2, 0.25) is 5.91 Å². The van der Waals surface area contributed by atoms with Gasteiger partial charge < -0.3 is 10.6 Å². The van der Waals surface area contributed by atoms with Crippen molar-refractivity contribution in [2.75, 3.05) is 18.4 Å². The summed E-state index contributed by atoms with van der Waals surface area (Å²) in [6.45, 7) is 1.52. The summed E-state index contributed by atoms with van der Waals surface area (Å²) < 4.78 is 0. The van der Waals surface area contributed by atoms with Gasteiger partial charge in [-0.2, -0.15) is 0 Å². The van der Waals surface area contributed by atoms with Gasteiger partial charge in [-0.05, 0) is 59.8 Å². The first kappa shape index (κ1) is 22.9. The summed E-state index contributed by atoms with van der Waals surface area (Å²) in [6.07, 6.45) is 1.54. The van der Waals surface area contributed by atoms with Crippen molar-refractivity contribution in [1.82, 2.24) is 10.2 Å². The number of anilines is 1. The van der Waals surface area contributed by atoms with E-state index in [1.54, 1.807) is 48.5 Å². The lowest BCUT2D eigenvalue weighted by molar-refractivity contribution is -0.122. The number of benzene rings is 2. The maximum Gasteiger partial charge on any atom is 0.293 e. The minimum Gasteiger partial charge on any atom is -0.350 e. The number of rotatable bonds is 6. The molecule has 2 aromatic rings. The number of hydrogen-bond acceptors (Lipinski definition) is 5. The predicted octanol–water partition coefficient (Wildman–Crippen LogP) is 4.42. The van der Waals surface area contributed by atoms with Crippen LogP contribution in [0.1, 0.15) is 22.8 Å². The van der Waals surface area contributed by atoms with Crippen LogP contribution in [0.25, 0.3) is 6.08 Å². The van der Waals surface area contributed by atoms with Crippen molar-refractivity contribution in [3.05, 3.63) is 68.5 Å². The van der Waals surface area contributed by atoms with Crippen LogP contribution in [0.4, 0.5) is 10.5 Å². The molecule has 0 spiro atoms. The smallest absolute Gasteiger partial charge is 0.293 e. The second-order valence-corrected chi connectivity index (χ2v) is 8.35. The Labute approximate surface area is 192 Å². The topological polar surface area (TPSA) is 95.6 Å². The second-order valence-electron chi connectivity index (χ2n) is 6.51. The highest BCUT2D eigenvalue weighted by Crippen LogP contribution is 2.33. The average molecular weight is 478 g/mol. The fourth-order valence-electron chi connectivity index (χ4n) is 2.74. The van der Waals surface area contributed by atoms with Crippen molar-refractivity contribution in [2.24, 2.45) is 0 Å². The van der Waals surface area contributed by atoms with E-state index >= 15 is 0 Å². The van der Waals surface area contributed by atoms with Gasteiger partial charge >= 0.3 is 0 Å². The van der Waals surface area contributed by atoms with E-state index in [0.717, 1.165) is 16.7 Å². The molecular weight excluding hydrogens is 461 g/mol. The van der Waals surface area contributed by atoms with Gasteiger partial charge in [0.1, 0.15) is 0 Å². The summed E-state index contributed by atoms with van der Waals surface area (Å²) in [5.41, 5.74) is 1.54. The van der Waals surface area contributed by atoms with Crippen LogP contribution in [0, 0.1) is 0 Å². The fourth-order valence-corrected chi connectivity index (χ4v) is 4.06. The Hall–Kier alpha value is -2.81. The summed E-state index contributed by atoms with van der Waals surface area (Å²) in [5.74, 6) is -1.01. The van der Waals surface area contributed by atoms with Crippen LogP contribution < -0.4 is 10.6 Å². The molecule has 0 bridgehead atoms. The van der Waals surface area contributed by atoms with Gasteiger partial charge in [0.15, 0.2) is 0 Å². The Morgan fingerprint density at radius 1 is 1.10 bits per heavy atom. The maximum atomic E-state index is 12.6. The third-order valence-corrected chi connectivity index (χ3v) is 5.68.